The van der Waals surface area contributed by atoms with Crippen molar-refractivity contribution in [2.45, 2.75) is 39.5 Å². The van der Waals surface area contributed by atoms with E-state index in [1.165, 1.54) is 31.4 Å². The van der Waals surface area contributed by atoms with Crippen LogP contribution in [0.25, 0.3) is 0 Å². The summed E-state index contributed by atoms with van der Waals surface area (Å²) in [5, 5.41) is 0. The Morgan fingerprint density at radius 3 is 2.78 bits per heavy atom. The fourth-order valence-corrected chi connectivity index (χ4v) is 2.82. The molecule has 0 amide bonds. The quantitative estimate of drug-likeness (QED) is 0.649. The van der Waals surface area contributed by atoms with E-state index in [-0.39, 0.29) is 0 Å². The summed E-state index contributed by atoms with van der Waals surface area (Å²) in [4.78, 5) is 2.31. The first kappa shape index (κ1) is 13.5. The summed E-state index contributed by atoms with van der Waals surface area (Å²) in [6, 6.07) is 0. The molecule has 2 aliphatic rings. The normalized spacial score (nSPS) is 28.3. The van der Waals surface area contributed by atoms with Gasteiger partial charge in [-0.05, 0) is 50.4 Å². The lowest BCUT2D eigenvalue weighted by atomic mass is 9.82. The summed E-state index contributed by atoms with van der Waals surface area (Å²) in [6.45, 7) is 9.80. The van der Waals surface area contributed by atoms with Crippen molar-refractivity contribution in [1.82, 2.24) is 4.90 Å². The van der Waals surface area contributed by atoms with Crippen LogP contribution in [0.1, 0.15) is 39.5 Å². The van der Waals surface area contributed by atoms with E-state index in [2.05, 4.69) is 50.6 Å². The smallest absolute Gasteiger partial charge is 0.0353 e. The summed E-state index contributed by atoms with van der Waals surface area (Å²) >= 11 is 0. The van der Waals surface area contributed by atoms with Crippen LogP contribution in [0, 0.1) is 17.8 Å². The Morgan fingerprint density at radius 1 is 1.44 bits per heavy atom. The van der Waals surface area contributed by atoms with Gasteiger partial charge in [-0.15, -0.1) is 0 Å². The lowest BCUT2D eigenvalue weighted by Crippen LogP contribution is -2.19. The molecule has 0 aromatic heterocycles. The van der Waals surface area contributed by atoms with E-state index in [1.807, 2.05) is 0 Å². The van der Waals surface area contributed by atoms with E-state index >= 15 is 0 Å². The Hall–Kier alpha value is -0.980. The van der Waals surface area contributed by atoms with Crippen molar-refractivity contribution in [2.75, 3.05) is 13.6 Å². The summed E-state index contributed by atoms with van der Waals surface area (Å²) in [5.74, 6) is 2.21. The maximum Gasteiger partial charge on any atom is 0.0353 e. The molecule has 2 atom stereocenters. The topological polar surface area (TPSA) is 3.24 Å². The van der Waals surface area contributed by atoms with Crippen LogP contribution < -0.4 is 0 Å². The van der Waals surface area contributed by atoms with E-state index in [9.17, 15) is 0 Å². The average Bonchev–Trinajstić information content (AvgIpc) is 3.15. The summed E-state index contributed by atoms with van der Waals surface area (Å²) in [7, 11) is 2.17. The minimum Gasteiger partial charge on any atom is -0.374 e. The fraction of sp³-hybridized carbons (Fsp3) is 0.647. The van der Waals surface area contributed by atoms with Crippen molar-refractivity contribution in [3.05, 3.63) is 36.1 Å². The molecule has 100 valence electrons. The summed E-state index contributed by atoms with van der Waals surface area (Å²) in [6.07, 6.45) is 12.5. The Kier molecular flexibility index (Phi) is 4.31. The highest BCUT2D eigenvalue weighted by Gasteiger charge is 2.26. The average molecular weight is 245 g/mol. The number of nitrogens with zero attached hydrogens (tertiary/aromatic N) is 1. The molecular weight excluding hydrogens is 218 g/mol. The number of rotatable bonds is 5. The van der Waals surface area contributed by atoms with Crippen LogP contribution in [0.5, 0.6) is 0 Å². The molecule has 0 spiro atoms. The second kappa shape index (κ2) is 5.77. The van der Waals surface area contributed by atoms with E-state index < -0.39 is 0 Å². The van der Waals surface area contributed by atoms with Crippen molar-refractivity contribution in [3.63, 3.8) is 0 Å². The minimum atomic E-state index is 0.701. The van der Waals surface area contributed by atoms with Gasteiger partial charge in [-0.3, -0.25) is 0 Å². The first-order chi connectivity index (χ1) is 8.58. The zero-order chi connectivity index (χ0) is 13.1. The monoisotopic (exact) mass is 245 g/mol. The van der Waals surface area contributed by atoms with Crippen LogP contribution in [-0.4, -0.2) is 18.5 Å². The highest BCUT2D eigenvalue weighted by atomic mass is 15.1. The Bertz CT molecular complexity index is 360. The molecular formula is C17H27N. The number of hydrogen-bond donors (Lipinski definition) is 0. The van der Waals surface area contributed by atoms with Gasteiger partial charge in [0.05, 0.1) is 0 Å². The van der Waals surface area contributed by atoms with Gasteiger partial charge in [0.2, 0.25) is 0 Å². The lowest BCUT2D eigenvalue weighted by Gasteiger charge is -2.25. The Morgan fingerprint density at radius 2 is 2.17 bits per heavy atom. The molecule has 0 aliphatic heterocycles. The molecule has 18 heavy (non-hydrogen) atoms. The molecule has 2 rings (SSSR count). The van der Waals surface area contributed by atoms with Gasteiger partial charge in [-0.1, -0.05) is 37.3 Å². The SMILES string of the molecule is C=C(C1CC1)N(C)C/C=C\C1CCC(C)=CC1C. The molecule has 0 aromatic rings. The molecule has 0 bridgehead atoms. The van der Waals surface area contributed by atoms with Crippen LogP contribution in [0.3, 0.4) is 0 Å². The lowest BCUT2D eigenvalue weighted by molar-refractivity contribution is 0.427. The number of hydrogen-bond acceptors (Lipinski definition) is 1. The third kappa shape index (κ3) is 3.51. The number of likely N-dealkylation sites (N-methyl/N-ethyl adjacent to an activating group) is 1. The van der Waals surface area contributed by atoms with E-state index in [0.717, 1.165) is 18.4 Å². The van der Waals surface area contributed by atoms with Gasteiger partial charge in [0.15, 0.2) is 0 Å². The van der Waals surface area contributed by atoms with Gasteiger partial charge >= 0.3 is 0 Å². The van der Waals surface area contributed by atoms with Crippen molar-refractivity contribution < 1.29 is 0 Å². The van der Waals surface area contributed by atoms with Crippen molar-refractivity contribution in [1.29, 1.82) is 0 Å². The van der Waals surface area contributed by atoms with Gasteiger partial charge in [0, 0.05) is 19.3 Å². The summed E-state index contributed by atoms with van der Waals surface area (Å²) < 4.78 is 0. The third-order valence-corrected chi connectivity index (χ3v) is 4.40. The van der Waals surface area contributed by atoms with Crippen molar-refractivity contribution in [2.24, 2.45) is 17.8 Å². The highest BCUT2D eigenvalue weighted by Crippen LogP contribution is 2.36. The molecule has 0 N–H and O–H groups in total. The zero-order valence-corrected chi connectivity index (χ0v) is 12.2. The van der Waals surface area contributed by atoms with Crippen LogP contribution >= 0.6 is 0 Å². The molecule has 0 aromatic carbocycles. The molecule has 2 aliphatic carbocycles. The minimum absolute atomic E-state index is 0.701. The second-order valence-electron chi connectivity index (χ2n) is 6.15. The predicted octanol–water partition coefficient (Wildman–Crippen LogP) is 4.39. The second-order valence-corrected chi connectivity index (χ2v) is 6.15. The van der Waals surface area contributed by atoms with Gasteiger partial charge in [-0.2, -0.15) is 0 Å². The van der Waals surface area contributed by atoms with E-state index in [4.69, 9.17) is 0 Å². The standard InChI is InChI=1S/C17H27N/c1-13-7-8-16(14(2)12-13)6-5-11-18(4)15(3)17-9-10-17/h5-6,12,14,16-17H,3,7-11H2,1-2,4H3/b6-5-. The molecule has 0 heterocycles. The largest absolute Gasteiger partial charge is 0.374 e. The van der Waals surface area contributed by atoms with E-state index in [0.29, 0.717) is 5.92 Å². The molecule has 1 heteroatoms. The maximum absolute atomic E-state index is 4.19. The zero-order valence-electron chi connectivity index (χ0n) is 12.2. The molecule has 0 saturated heterocycles. The summed E-state index contributed by atoms with van der Waals surface area (Å²) in [5.41, 5.74) is 2.89. The first-order valence-electron chi connectivity index (χ1n) is 7.32. The third-order valence-electron chi connectivity index (χ3n) is 4.40. The molecule has 1 saturated carbocycles. The van der Waals surface area contributed by atoms with Crippen LogP contribution in [-0.2, 0) is 0 Å². The van der Waals surface area contributed by atoms with Gasteiger partial charge in [0.1, 0.15) is 0 Å². The molecule has 2 unspecified atom stereocenters. The number of allylic oxidation sites excluding steroid dienone is 4. The van der Waals surface area contributed by atoms with Gasteiger partial charge in [0.25, 0.3) is 0 Å². The van der Waals surface area contributed by atoms with Crippen LogP contribution in [0.15, 0.2) is 36.1 Å². The molecule has 1 nitrogen and oxygen atoms in total. The Labute approximate surface area is 112 Å². The first-order valence-corrected chi connectivity index (χ1v) is 7.32. The molecule has 1 fully saturated rings. The Balaban J connectivity index is 1.78. The van der Waals surface area contributed by atoms with Crippen molar-refractivity contribution in [3.8, 4) is 0 Å². The highest BCUT2D eigenvalue weighted by molar-refractivity contribution is 5.11. The van der Waals surface area contributed by atoms with Crippen molar-refractivity contribution >= 4 is 0 Å². The predicted molar refractivity (Wildman–Crippen MR) is 79.3 cm³/mol. The van der Waals surface area contributed by atoms with Crippen LogP contribution in [0.2, 0.25) is 0 Å². The maximum atomic E-state index is 4.19. The molecule has 0 radical (unpaired) electrons. The fourth-order valence-electron chi connectivity index (χ4n) is 2.82. The van der Waals surface area contributed by atoms with Gasteiger partial charge < -0.3 is 4.90 Å². The van der Waals surface area contributed by atoms with E-state index in [1.54, 1.807) is 5.57 Å². The van der Waals surface area contributed by atoms with Crippen LogP contribution in [0.4, 0.5) is 0 Å². The van der Waals surface area contributed by atoms with Gasteiger partial charge in [-0.25, -0.2) is 0 Å².